The zero-order chi connectivity index (χ0) is 13.3. The Hall–Kier alpha value is -1.48. The minimum Gasteiger partial charge on any atom is -1.00 e. The van der Waals surface area contributed by atoms with Crippen LogP contribution in [0, 0.1) is 0 Å². The number of anilines is 1. The summed E-state index contributed by atoms with van der Waals surface area (Å²) < 4.78 is 4.59. The van der Waals surface area contributed by atoms with Crippen LogP contribution in [0.5, 0.6) is 0 Å². The van der Waals surface area contributed by atoms with Gasteiger partial charge in [-0.1, -0.05) is 0 Å². The summed E-state index contributed by atoms with van der Waals surface area (Å²) in [5.74, 6) is 1.24. The lowest BCUT2D eigenvalue weighted by Crippen LogP contribution is -3.00. The van der Waals surface area contributed by atoms with Crippen LogP contribution in [0.1, 0.15) is 39.8 Å². The molecule has 1 aromatic heterocycles. The normalized spacial score (nSPS) is 10.8. The number of imidazole rings is 1. The first-order chi connectivity index (χ1) is 8.50. The van der Waals surface area contributed by atoms with Crippen molar-refractivity contribution in [2.45, 2.75) is 39.8 Å². The third kappa shape index (κ3) is 3.10. The van der Waals surface area contributed by atoms with E-state index in [2.05, 4.69) is 61.4 Å². The predicted molar refractivity (Wildman–Crippen MR) is 75.2 cm³/mol. The van der Waals surface area contributed by atoms with Crippen LogP contribution in [0.4, 0.5) is 5.69 Å². The smallest absolute Gasteiger partial charge is 0.289 e. The van der Waals surface area contributed by atoms with E-state index in [1.165, 1.54) is 11.4 Å². The van der Waals surface area contributed by atoms with Gasteiger partial charge in [0.25, 0.3) is 5.82 Å². The molecule has 0 saturated carbocycles. The molecule has 0 bridgehead atoms. The molecular weight excluding hydrogens is 258 g/mol. The van der Waals surface area contributed by atoms with Gasteiger partial charge in [0.15, 0.2) is 0 Å². The molecule has 0 aliphatic rings. The Morgan fingerprint density at radius 2 is 1.63 bits per heavy atom. The molecule has 0 radical (unpaired) electrons. The summed E-state index contributed by atoms with van der Waals surface area (Å²) in [5.41, 5.74) is 7.77. The fraction of sp³-hybridized carbons (Fsp3) is 0.400. The number of nitrogens with two attached hydrogens (primary N) is 1. The number of aromatic nitrogens is 2. The van der Waals surface area contributed by atoms with Crippen molar-refractivity contribution in [3.63, 3.8) is 0 Å². The zero-order valence-corrected chi connectivity index (χ0v) is 12.7. The Kier molecular flexibility index (Phi) is 5.01. The van der Waals surface area contributed by atoms with Crippen LogP contribution in [-0.2, 0) is 0 Å². The maximum Gasteiger partial charge on any atom is 0.289 e. The summed E-state index contributed by atoms with van der Waals surface area (Å²) in [6.45, 7) is 8.80. The lowest BCUT2D eigenvalue weighted by Gasteiger charge is -2.10. The highest BCUT2D eigenvalue weighted by Gasteiger charge is 2.22. The molecule has 2 N–H and O–H groups in total. The van der Waals surface area contributed by atoms with Crippen LogP contribution < -0.4 is 22.7 Å². The summed E-state index contributed by atoms with van der Waals surface area (Å²) in [5, 5.41) is 0. The van der Waals surface area contributed by atoms with Gasteiger partial charge < -0.3 is 18.1 Å². The number of hydrogen-bond acceptors (Lipinski definition) is 1. The third-order valence-corrected chi connectivity index (χ3v) is 3.16. The molecule has 1 heterocycles. The first kappa shape index (κ1) is 15.6. The molecule has 0 amide bonds. The van der Waals surface area contributed by atoms with E-state index < -0.39 is 0 Å². The highest BCUT2D eigenvalue weighted by molar-refractivity contribution is 5.57. The van der Waals surface area contributed by atoms with Crippen LogP contribution in [0.25, 0.3) is 11.4 Å². The van der Waals surface area contributed by atoms with E-state index in [9.17, 15) is 0 Å². The van der Waals surface area contributed by atoms with Gasteiger partial charge in [-0.05, 0) is 52.0 Å². The lowest BCUT2D eigenvalue weighted by atomic mass is 10.1. The van der Waals surface area contributed by atoms with Crippen LogP contribution in [0.3, 0.4) is 0 Å². The first-order valence-electron chi connectivity index (χ1n) is 6.48. The number of nitrogen functional groups attached to an aromatic ring is 1. The van der Waals surface area contributed by atoms with Gasteiger partial charge in [-0.25, -0.2) is 9.13 Å². The molecular formula is C15H22ClN3. The van der Waals surface area contributed by atoms with Gasteiger partial charge >= 0.3 is 0 Å². The summed E-state index contributed by atoms with van der Waals surface area (Å²) >= 11 is 0. The number of benzene rings is 1. The minimum absolute atomic E-state index is 0. The van der Waals surface area contributed by atoms with E-state index in [0.717, 1.165) is 5.69 Å². The van der Waals surface area contributed by atoms with Crippen molar-refractivity contribution < 1.29 is 17.0 Å². The van der Waals surface area contributed by atoms with E-state index >= 15 is 0 Å². The molecule has 0 unspecified atom stereocenters. The van der Waals surface area contributed by atoms with E-state index in [-0.39, 0.29) is 12.4 Å². The molecule has 0 aliphatic carbocycles. The molecule has 0 atom stereocenters. The van der Waals surface area contributed by atoms with Gasteiger partial charge in [0.1, 0.15) is 12.4 Å². The largest absolute Gasteiger partial charge is 1.00 e. The second-order valence-electron chi connectivity index (χ2n) is 5.25. The molecule has 0 fully saturated rings. The number of halogens is 1. The SMILES string of the molecule is CC(C)n1cc[n+](C(C)C)c1-c1ccc(N)cc1.[Cl-]. The molecule has 2 aromatic rings. The fourth-order valence-corrected chi connectivity index (χ4v) is 2.18. The fourth-order valence-electron chi connectivity index (χ4n) is 2.18. The topological polar surface area (TPSA) is 34.8 Å². The van der Waals surface area contributed by atoms with Crippen molar-refractivity contribution in [1.82, 2.24) is 4.57 Å². The maximum atomic E-state index is 5.76. The molecule has 19 heavy (non-hydrogen) atoms. The lowest BCUT2D eigenvalue weighted by molar-refractivity contribution is -0.705. The Morgan fingerprint density at radius 3 is 2.11 bits per heavy atom. The number of rotatable bonds is 3. The molecule has 0 saturated heterocycles. The standard InChI is InChI=1S/C15H21N3.ClH/c1-11(2)17-9-10-18(12(3)4)15(17)13-5-7-14(16)8-6-13;/h5-12,16H,1-4H3;1H. The van der Waals surface area contributed by atoms with Crippen LogP contribution in [-0.4, -0.2) is 4.57 Å². The summed E-state index contributed by atoms with van der Waals surface area (Å²) in [6.07, 6.45) is 4.30. The highest BCUT2D eigenvalue weighted by Crippen LogP contribution is 2.22. The summed E-state index contributed by atoms with van der Waals surface area (Å²) in [7, 11) is 0. The van der Waals surface area contributed by atoms with Crippen molar-refractivity contribution in [3.8, 4) is 11.4 Å². The van der Waals surface area contributed by atoms with Crippen LogP contribution in [0.15, 0.2) is 36.7 Å². The number of nitrogens with zero attached hydrogens (tertiary/aromatic N) is 2. The molecule has 104 valence electrons. The highest BCUT2D eigenvalue weighted by atomic mass is 35.5. The number of hydrogen-bond donors (Lipinski definition) is 1. The van der Waals surface area contributed by atoms with Crippen LogP contribution in [0.2, 0.25) is 0 Å². The van der Waals surface area contributed by atoms with Gasteiger partial charge in [0.05, 0.1) is 17.6 Å². The maximum absolute atomic E-state index is 5.76. The summed E-state index contributed by atoms with van der Waals surface area (Å²) in [6, 6.07) is 8.97. The molecule has 4 heteroatoms. The van der Waals surface area contributed by atoms with E-state index in [1.54, 1.807) is 0 Å². The van der Waals surface area contributed by atoms with E-state index in [0.29, 0.717) is 12.1 Å². The quantitative estimate of drug-likeness (QED) is 0.632. The molecule has 2 rings (SSSR count). The molecule has 1 aromatic carbocycles. The Bertz CT molecular complexity index is 501. The van der Waals surface area contributed by atoms with Gasteiger partial charge in [-0.2, -0.15) is 0 Å². The molecule has 3 nitrogen and oxygen atoms in total. The zero-order valence-electron chi connectivity index (χ0n) is 12.0. The van der Waals surface area contributed by atoms with Crippen molar-refractivity contribution in [1.29, 1.82) is 0 Å². The predicted octanol–water partition coefficient (Wildman–Crippen LogP) is 0.191. The van der Waals surface area contributed by atoms with Gasteiger partial charge in [0.2, 0.25) is 0 Å². The van der Waals surface area contributed by atoms with Crippen molar-refractivity contribution in [2.24, 2.45) is 0 Å². The van der Waals surface area contributed by atoms with Gasteiger partial charge in [-0.15, -0.1) is 0 Å². The Morgan fingerprint density at radius 1 is 1.05 bits per heavy atom. The van der Waals surface area contributed by atoms with Crippen molar-refractivity contribution in [2.75, 3.05) is 5.73 Å². The average molecular weight is 280 g/mol. The molecule has 0 spiro atoms. The first-order valence-corrected chi connectivity index (χ1v) is 6.48. The van der Waals surface area contributed by atoms with Crippen molar-refractivity contribution >= 4 is 5.69 Å². The second kappa shape index (κ2) is 6.11. The monoisotopic (exact) mass is 279 g/mol. The van der Waals surface area contributed by atoms with Crippen LogP contribution >= 0.6 is 0 Å². The Labute approximate surface area is 121 Å². The van der Waals surface area contributed by atoms with Gasteiger partial charge in [0, 0.05) is 5.69 Å². The van der Waals surface area contributed by atoms with Crippen molar-refractivity contribution in [3.05, 3.63) is 36.7 Å². The van der Waals surface area contributed by atoms with Gasteiger partial charge in [-0.3, -0.25) is 0 Å². The minimum atomic E-state index is 0. The Balaban J connectivity index is 0.00000180. The molecule has 0 aliphatic heterocycles. The second-order valence-corrected chi connectivity index (χ2v) is 5.25. The third-order valence-electron chi connectivity index (χ3n) is 3.16. The van der Waals surface area contributed by atoms with E-state index in [1.807, 2.05) is 12.1 Å². The average Bonchev–Trinajstić information content (AvgIpc) is 2.74. The van der Waals surface area contributed by atoms with E-state index in [4.69, 9.17) is 5.73 Å². The summed E-state index contributed by atoms with van der Waals surface area (Å²) in [4.78, 5) is 0.